The molecule has 0 radical (unpaired) electrons. The number of aromatic hydroxyl groups is 1. The second-order valence-electron chi connectivity index (χ2n) is 8.55. The number of carboxylic acid groups (broad SMARTS) is 1. The van der Waals surface area contributed by atoms with E-state index in [-0.39, 0.29) is 18.3 Å². The summed E-state index contributed by atoms with van der Waals surface area (Å²) in [7, 11) is 1.94. The highest BCUT2D eigenvalue weighted by Gasteiger charge is 2.29. The van der Waals surface area contributed by atoms with Gasteiger partial charge >= 0.3 is 11.9 Å². The van der Waals surface area contributed by atoms with Gasteiger partial charge in [0.05, 0.1) is 18.1 Å². The van der Waals surface area contributed by atoms with Crippen LogP contribution in [0.1, 0.15) is 41.4 Å². The molecule has 0 amide bonds. The first-order valence-corrected chi connectivity index (χ1v) is 12.5. The average molecular weight is 483 g/mol. The number of aliphatic carboxylic acids is 1. The number of hydrogen-bond donors (Lipinski definition) is 2. The molecule has 1 fully saturated rings. The fourth-order valence-electron chi connectivity index (χ4n) is 4.62. The smallest absolute Gasteiger partial charge is 0.340 e. The van der Waals surface area contributed by atoms with E-state index in [1.807, 2.05) is 48.0 Å². The Balaban J connectivity index is 1.73. The Kier molecular flexibility index (Phi) is 7.48. The molecule has 34 heavy (non-hydrogen) atoms. The average Bonchev–Trinajstić information content (AvgIpc) is 3.12. The van der Waals surface area contributed by atoms with Gasteiger partial charge in [0.2, 0.25) is 0 Å². The highest BCUT2D eigenvalue weighted by Crippen LogP contribution is 2.37. The van der Waals surface area contributed by atoms with Gasteiger partial charge in [-0.15, -0.1) is 11.8 Å². The van der Waals surface area contributed by atoms with Crippen LogP contribution in [-0.2, 0) is 28.9 Å². The van der Waals surface area contributed by atoms with E-state index in [9.17, 15) is 19.8 Å². The molecule has 1 aliphatic rings. The Morgan fingerprint density at radius 2 is 1.82 bits per heavy atom. The van der Waals surface area contributed by atoms with Crippen molar-refractivity contribution in [1.29, 1.82) is 0 Å². The first kappa shape index (κ1) is 24.2. The van der Waals surface area contributed by atoms with Crippen molar-refractivity contribution in [2.45, 2.75) is 37.0 Å². The molecule has 180 valence electrons. The Morgan fingerprint density at radius 3 is 2.47 bits per heavy atom. The lowest BCUT2D eigenvalue weighted by molar-refractivity contribution is -0.143. The summed E-state index contributed by atoms with van der Waals surface area (Å²) in [6.45, 7) is 3.75. The molecule has 3 aromatic rings. The van der Waals surface area contributed by atoms with Crippen molar-refractivity contribution in [3.05, 3.63) is 59.3 Å². The van der Waals surface area contributed by atoms with Gasteiger partial charge in [-0.25, -0.2) is 4.79 Å². The number of nitrogens with zero attached hydrogens (tertiary/aromatic N) is 2. The number of benzene rings is 2. The highest BCUT2D eigenvalue weighted by atomic mass is 32.2. The van der Waals surface area contributed by atoms with Gasteiger partial charge in [-0.1, -0.05) is 18.2 Å². The lowest BCUT2D eigenvalue weighted by Crippen LogP contribution is -2.35. The number of carbonyl (C=O) groups is 2. The molecule has 2 aromatic carbocycles. The maximum atomic E-state index is 13.2. The molecule has 0 aliphatic carbocycles. The molecule has 1 aromatic heterocycles. The predicted molar refractivity (Wildman–Crippen MR) is 132 cm³/mol. The largest absolute Gasteiger partial charge is 0.508 e. The number of esters is 1. The lowest BCUT2D eigenvalue weighted by atomic mass is 9.96. The second-order valence-corrected chi connectivity index (χ2v) is 9.60. The zero-order chi connectivity index (χ0) is 24.2. The van der Waals surface area contributed by atoms with E-state index >= 15 is 0 Å². The minimum Gasteiger partial charge on any atom is -0.508 e. The van der Waals surface area contributed by atoms with E-state index < -0.39 is 11.9 Å². The third-order valence-electron chi connectivity index (χ3n) is 6.49. The highest BCUT2D eigenvalue weighted by molar-refractivity contribution is 7.98. The molecular formula is C26H30N2O5S. The molecule has 0 saturated carbocycles. The number of carbonyl (C=O) groups excluding carboxylic acids is 1. The Morgan fingerprint density at radius 1 is 1.12 bits per heavy atom. The van der Waals surface area contributed by atoms with Gasteiger partial charge in [-0.05, 0) is 57.1 Å². The summed E-state index contributed by atoms with van der Waals surface area (Å²) in [5.41, 5.74) is 2.88. The summed E-state index contributed by atoms with van der Waals surface area (Å²) < 4.78 is 7.46. The molecular weight excluding hydrogens is 452 g/mol. The second kappa shape index (κ2) is 10.5. The molecule has 0 spiro atoms. The molecule has 4 rings (SSSR count). The molecule has 0 unspecified atom stereocenters. The summed E-state index contributed by atoms with van der Waals surface area (Å²) in [4.78, 5) is 27.7. The molecule has 7 nitrogen and oxygen atoms in total. The summed E-state index contributed by atoms with van der Waals surface area (Å²) >= 11 is 1.64. The normalized spacial score (nSPS) is 15.0. The maximum absolute atomic E-state index is 13.2. The predicted octanol–water partition coefficient (Wildman–Crippen LogP) is 4.65. The maximum Gasteiger partial charge on any atom is 0.340 e. The van der Waals surface area contributed by atoms with Gasteiger partial charge < -0.3 is 19.5 Å². The van der Waals surface area contributed by atoms with Crippen LogP contribution in [-0.4, -0.2) is 51.3 Å². The van der Waals surface area contributed by atoms with E-state index in [4.69, 9.17) is 4.74 Å². The van der Waals surface area contributed by atoms with Crippen LogP contribution in [0, 0.1) is 5.92 Å². The molecule has 1 saturated heterocycles. The zero-order valence-corrected chi connectivity index (χ0v) is 20.3. The fraction of sp³-hybridized carbons (Fsp3) is 0.385. The van der Waals surface area contributed by atoms with E-state index in [0.29, 0.717) is 54.7 Å². The molecule has 2 heterocycles. The third kappa shape index (κ3) is 4.93. The Hall–Kier alpha value is -2.97. The van der Waals surface area contributed by atoms with Gasteiger partial charge in [0.1, 0.15) is 5.75 Å². The standard InChI is InChI=1S/C26H30N2O5S/c1-3-33-26(32)24-21(16-34-18-7-5-4-6-8-18)27(2)20-9-10-22(29)19(23(20)24)15-28-13-11-17(12-14-28)25(30)31/h4-10,17,29H,3,11-16H2,1-2H3,(H,30,31). The number of carboxylic acids is 1. The van der Waals surface area contributed by atoms with Crippen LogP contribution in [0.5, 0.6) is 5.75 Å². The molecule has 1 aliphatic heterocycles. The molecule has 8 heteroatoms. The van der Waals surface area contributed by atoms with E-state index in [1.54, 1.807) is 24.8 Å². The number of fused-ring (bicyclic) bond motifs is 1. The van der Waals surface area contributed by atoms with Crippen LogP contribution in [0.4, 0.5) is 0 Å². The summed E-state index contributed by atoms with van der Waals surface area (Å²) in [6.07, 6.45) is 1.15. The summed E-state index contributed by atoms with van der Waals surface area (Å²) in [6, 6.07) is 13.5. The van der Waals surface area contributed by atoms with Crippen molar-refractivity contribution in [2.24, 2.45) is 13.0 Å². The molecule has 0 atom stereocenters. The van der Waals surface area contributed by atoms with Gasteiger partial charge in [0, 0.05) is 46.4 Å². The first-order chi connectivity index (χ1) is 16.4. The minimum absolute atomic E-state index is 0.131. The van der Waals surface area contributed by atoms with Crippen LogP contribution in [0.15, 0.2) is 47.4 Å². The SMILES string of the molecule is CCOC(=O)c1c(CSc2ccccc2)n(C)c2ccc(O)c(CN3CCC(C(=O)O)CC3)c12. The topological polar surface area (TPSA) is 92.0 Å². The molecule has 2 N–H and O–H groups in total. The van der Waals surface area contributed by atoms with E-state index in [1.165, 1.54) is 0 Å². The van der Waals surface area contributed by atoms with Crippen LogP contribution < -0.4 is 0 Å². The number of phenolic OH excluding ortho intramolecular Hbond substituents is 1. The van der Waals surface area contributed by atoms with Crippen LogP contribution in [0.2, 0.25) is 0 Å². The molecule has 0 bridgehead atoms. The Labute approximate surface area is 203 Å². The quantitative estimate of drug-likeness (QED) is 0.357. The monoisotopic (exact) mass is 482 g/mol. The first-order valence-electron chi connectivity index (χ1n) is 11.5. The van der Waals surface area contributed by atoms with Gasteiger partial charge in [-0.3, -0.25) is 9.69 Å². The van der Waals surface area contributed by atoms with Crippen molar-refractivity contribution in [3.63, 3.8) is 0 Å². The number of aryl methyl sites for hydroxylation is 1. The van der Waals surface area contributed by atoms with Gasteiger partial charge in [-0.2, -0.15) is 0 Å². The lowest BCUT2D eigenvalue weighted by Gasteiger charge is -2.30. The van der Waals surface area contributed by atoms with Crippen molar-refractivity contribution in [3.8, 4) is 5.75 Å². The van der Waals surface area contributed by atoms with Crippen molar-refractivity contribution in [2.75, 3.05) is 19.7 Å². The number of rotatable bonds is 8. The number of piperidine rings is 1. The van der Waals surface area contributed by atoms with E-state index in [2.05, 4.69) is 4.90 Å². The summed E-state index contributed by atoms with van der Waals surface area (Å²) in [5, 5.41) is 20.8. The van der Waals surface area contributed by atoms with Crippen molar-refractivity contribution >= 4 is 34.6 Å². The fourth-order valence-corrected chi connectivity index (χ4v) is 5.61. The van der Waals surface area contributed by atoms with E-state index in [0.717, 1.165) is 16.1 Å². The van der Waals surface area contributed by atoms with Crippen molar-refractivity contribution < 1.29 is 24.5 Å². The zero-order valence-electron chi connectivity index (χ0n) is 19.5. The van der Waals surface area contributed by atoms with Crippen LogP contribution in [0.3, 0.4) is 0 Å². The number of aromatic nitrogens is 1. The number of likely N-dealkylation sites (tertiary alicyclic amines) is 1. The minimum atomic E-state index is -0.752. The third-order valence-corrected chi connectivity index (χ3v) is 7.51. The number of hydrogen-bond acceptors (Lipinski definition) is 6. The Bertz CT molecular complexity index is 1180. The van der Waals surface area contributed by atoms with Gasteiger partial charge in [0.15, 0.2) is 0 Å². The van der Waals surface area contributed by atoms with Crippen LogP contribution in [0.25, 0.3) is 10.9 Å². The number of phenols is 1. The number of ether oxygens (including phenoxy) is 1. The van der Waals surface area contributed by atoms with Crippen LogP contribution >= 0.6 is 11.8 Å². The van der Waals surface area contributed by atoms with Crippen molar-refractivity contribution in [1.82, 2.24) is 9.47 Å². The number of thioether (sulfide) groups is 1. The summed E-state index contributed by atoms with van der Waals surface area (Å²) in [5.74, 6) is -0.764. The van der Waals surface area contributed by atoms with Gasteiger partial charge in [0.25, 0.3) is 0 Å².